The van der Waals surface area contributed by atoms with E-state index in [1.165, 1.54) is 12.1 Å². The van der Waals surface area contributed by atoms with Gasteiger partial charge in [0.05, 0.1) is 0 Å². The fraction of sp³-hybridized carbons (Fsp3) is 0. The first-order valence-corrected chi connectivity index (χ1v) is 4.11. The number of nitrogens with two attached hydrogens (primary N) is 2. The van der Waals surface area contributed by atoms with Crippen LogP contribution in [0.25, 0.3) is 6.08 Å². The number of hydrogen-bond donors (Lipinski definition) is 3. The van der Waals surface area contributed by atoms with Crippen molar-refractivity contribution in [3.63, 3.8) is 0 Å². The second kappa shape index (κ2) is 4.28. The van der Waals surface area contributed by atoms with Crippen molar-refractivity contribution in [2.45, 2.75) is 0 Å². The minimum Gasteiger partial charge on any atom is -0.507 e. The van der Waals surface area contributed by atoms with Gasteiger partial charge in [-0.2, -0.15) is 0 Å². The lowest BCUT2D eigenvalue weighted by molar-refractivity contribution is -0.120. The van der Waals surface area contributed by atoms with Gasteiger partial charge in [0.15, 0.2) is 0 Å². The van der Waals surface area contributed by atoms with E-state index in [4.69, 9.17) is 11.5 Å². The first-order valence-electron chi connectivity index (χ1n) is 4.11. The molecule has 0 atom stereocenters. The van der Waals surface area contributed by atoms with Crippen molar-refractivity contribution in [2.75, 3.05) is 0 Å². The molecule has 0 aliphatic carbocycles. The van der Waals surface area contributed by atoms with E-state index in [0.717, 1.165) is 6.08 Å². The standard InChI is InChI=1S/C10H10N2O3/c11-9(14)7(10(12)15)5-6-3-1-2-4-8(6)13/h1-5,13H,(H2,11,14)(H2,12,15). The van der Waals surface area contributed by atoms with Gasteiger partial charge in [0.25, 0.3) is 11.8 Å². The smallest absolute Gasteiger partial charge is 0.254 e. The third-order valence-electron chi connectivity index (χ3n) is 1.77. The molecule has 15 heavy (non-hydrogen) atoms. The summed E-state index contributed by atoms with van der Waals surface area (Å²) in [5, 5.41) is 9.37. The molecule has 5 N–H and O–H groups in total. The lowest BCUT2D eigenvalue weighted by Gasteiger charge is -2.00. The Labute approximate surface area is 86.0 Å². The summed E-state index contributed by atoms with van der Waals surface area (Å²) in [5.74, 6) is -1.91. The lowest BCUT2D eigenvalue weighted by atomic mass is 10.1. The first kappa shape index (κ1) is 10.8. The lowest BCUT2D eigenvalue weighted by Crippen LogP contribution is -2.25. The van der Waals surface area contributed by atoms with E-state index < -0.39 is 11.8 Å². The molecule has 2 amide bonds. The third-order valence-corrected chi connectivity index (χ3v) is 1.77. The second-order valence-electron chi connectivity index (χ2n) is 2.85. The number of phenolic OH excluding ortho intramolecular Hbond substituents is 1. The zero-order valence-electron chi connectivity index (χ0n) is 7.81. The molecule has 0 saturated heterocycles. The van der Waals surface area contributed by atoms with Crippen LogP contribution in [0.3, 0.4) is 0 Å². The van der Waals surface area contributed by atoms with Crippen LogP contribution >= 0.6 is 0 Å². The van der Waals surface area contributed by atoms with Gasteiger partial charge >= 0.3 is 0 Å². The number of carbonyl (C=O) groups is 2. The topological polar surface area (TPSA) is 106 Å². The molecule has 0 aliphatic rings. The Morgan fingerprint density at radius 2 is 1.67 bits per heavy atom. The van der Waals surface area contributed by atoms with Crippen LogP contribution in [-0.4, -0.2) is 16.9 Å². The summed E-state index contributed by atoms with van der Waals surface area (Å²) in [6.45, 7) is 0. The molecule has 0 aromatic heterocycles. The van der Waals surface area contributed by atoms with Gasteiger partial charge in [-0.25, -0.2) is 0 Å². The van der Waals surface area contributed by atoms with Crippen LogP contribution in [0, 0.1) is 0 Å². The predicted octanol–water partition coefficient (Wildman–Crippen LogP) is -0.254. The van der Waals surface area contributed by atoms with Crippen LogP contribution in [-0.2, 0) is 9.59 Å². The Morgan fingerprint density at radius 1 is 1.13 bits per heavy atom. The van der Waals surface area contributed by atoms with Crippen LogP contribution < -0.4 is 11.5 Å². The molecule has 5 heteroatoms. The number of primary amides is 2. The van der Waals surface area contributed by atoms with Crippen LogP contribution in [0.2, 0.25) is 0 Å². The quantitative estimate of drug-likeness (QED) is 0.360. The van der Waals surface area contributed by atoms with Crippen molar-refractivity contribution in [3.8, 4) is 5.75 Å². The van der Waals surface area contributed by atoms with E-state index in [1.807, 2.05) is 0 Å². The zero-order chi connectivity index (χ0) is 11.4. The van der Waals surface area contributed by atoms with Crippen molar-refractivity contribution in [2.24, 2.45) is 11.5 Å². The van der Waals surface area contributed by atoms with Gasteiger partial charge in [-0.05, 0) is 12.1 Å². The van der Waals surface area contributed by atoms with Gasteiger partial charge < -0.3 is 16.6 Å². The highest BCUT2D eigenvalue weighted by Gasteiger charge is 2.12. The maximum atomic E-state index is 10.8. The Bertz CT molecular complexity index is 422. The average Bonchev–Trinajstić information content (AvgIpc) is 2.15. The van der Waals surface area contributed by atoms with Gasteiger partial charge in [0.1, 0.15) is 11.3 Å². The van der Waals surface area contributed by atoms with Crippen LogP contribution in [0.1, 0.15) is 5.56 Å². The van der Waals surface area contributed by atoms with Crippen molar-refractivity contribution < 1.29 is 14.7 Å². The maximum absolute atomic E-state index is 10.8. The number of benzene rings is 1. The number of rotatable bonds is 3. The summed E-state index contributed by atoms with van der Waals surface area (Å²) >= 11 is 0. The van der Waals surface area contributed by atoms with Gasteiger partial charge in [-0.3, -0.25) is 9.59 Å². The van der Waals surface area contributed by atoms with E-state index in [-0.39, 0.29) is 11.3 Å². The normalized spacial score (nSPS) is 9.33. The van der Waals surface area contributed by atoms with Crippen molar-refractivity contribution in [1.82, 2.24) is 0 Å². The highest BCUT2D eigenvalue weighted by Crippen LogP contribution is 2.18. The maximum Gasteiger partial charge on any atom is 0.254 e. The summed E-state index contributed by atoms with van der Waals surface area (Å²) < 4.78 is 0. The summed E-state index contributed by atoms with van der Waals surface area (Å²) in [7, 11) is 0. The minimum absolute atomic E-state index is 0.0579. The number of hydrogen-bond acceptors (Lipinski definition) is 3. The van der Waals surface area contributed by atoms with Gasteiger partial charge in [0, 0.05) is 5.56 Å². The monoisotopic (exact) mass is 206 g/mol. The Morgan fingerprint density at radius 3 is 2.13 bits per heavy atom. The molecule has 1 aromatic rings. The molecule has 0 radical (unpaired) electrons. The number of phenols is 1. The molecule has 1 aromatic carbocycles. The van der Waals surface area contributed by atoms with E-state index in [1.54, 1.807) is 12.1 Å². The fourth-order valence-electron chi connectivity index (χ4n) is 1.03. The summed E-state index contributed by atoms with van der Waals surface area (Å²) in [5.41, 5.74) is 9.85. The molecule has 0 saturated carbocycles. The molecule has 0 spiro atoms. The Hall–Kier alpha value is -2.30. The Balaban J connectivity index is 3.19. The summed E-state index contributed by atoms with van der Waals surface area (Å²) in [4.78, 5) is 21.7. The average molecular weight is 206 g/mol. The number of carbonyl (C=O) groups excluding carboxylic acids is 2. The van der Waals surface area contributed by atoms with E-state index >= 15 is 0 Å². The van der Waals surface area contributed by atoms with Crippen molar-refractivity contribution in [1.29, 1.82) is 0 Å². The molecule has 0 heterocycles. The fourth-order valence-corrected chi connectivity index (χ4v) is 1.03. The van der Waals surface area contributed by atoms with Crippen LogP contribution in [0.5, 0.6) is 5.75 Å². The molecule has 0 fully saturated rings. The van der Waals surface area contributed by atoms with Gasteiger partial charge in [-0.15, -0.1) is 0 Å². The van der Waals surface area contributed by atoms with E-state index in [9.17, 15) is 14.7 Å². The summed E-state index contributed by atoms with van der Waals surface area (Å²) in [6, 6.07) is 6.21. The van der Waals surface area contributed by atoms with Gasteiger partial charge in [-0.1, -0.05) is 18.2 Å². The molecule has 0 bridgehead atoms. The molecule has 1 rings (SSSR count). The predicted molar refractivity (Wildman–Crippen MR) is 54.5 cm³/mol. The van der Waals surface area contributed by atoms with Crippen LogP contribution in [0.15, 0.2) is 29.8 Å². The van der Waals surface area contributed by atoms with Gasteiger partial charge in [0.2, 0.25) is 0 Å². The molecule has 0 aliphatic heterocycles. The summed E-state index contributed by atoms with van der Waals surface area (Å²) in [6.07, 6.45) is 1.15. The number of para-hydroxylation sites is 1. The van der Waals surface area contributed by atoms with E-state index in [0.29, 0.717) is 5.56 Å². The SMILES string of the molecule is NC(=O)C(=Cc1ccccc1O)C(N)=O. The third kappa shape index (κ3) is 2.57. The molecule has 0 unspecified atom stereocenters. The highest BCUT2D eigenvalue weighted by atomic mass is 16.3. The largest absolute Gasteiger partial charge is 0.507 e. The molecule has 78 valence electrons. The number of amides is 2. The highest BCUT2D eigenvalue weighted by molar-refractivity contribution is 6.20. The zero-order valence-corrected chi connectivity index (χ0v) is 7.81. The minimum atomic E-state index is -0.925. The molecular formula is C10H10N2O3. The Kier molecular flexibility index (Phi) is 3.07. The van der Waals surface area contributed by atoms with Crippen molar-refractivity contribution in [3.05, 3.63) is 35.4 Å². The van der Waals surface area contributed by atoms with Crippen LogP contribution in [0.4, 0.5) is 0 Å². The molecule has 5 nitrogen and oxygen atoms in total. The number of aromatic hydroxyl groups is 1. The van der Waals surface area contributed by atoms with E-state index in [2.05, 4.69) is 0 Å². The first-order chi connectivity index (χ1) is 7.02. The molecular weight excluding hydrogens is 196 g/mol. The second-order valence-corrected chi connectivity index (χ2v) is 2.85. The van der Waals surface area contributed by atoms with Crippen molar-refractivity contribution >= 4 is 17.9 Å².